The zero-order valence-corrected chi connectivity index (χ0v) is 12.3. The zero-order valence-electron chi connectivity index (χ0n) is 12.3. The van der Waals surface area contributed by atoms with Gasteiger partial charge in [-0.15, -0.1) is 0 Å². The number of amides is 1. The number of aliphatic hydroxyl groups is 1. The highest BCUT2D eigenvalue weighted by Crippen LogP contribution is 2.17. The van der Waals surface area contributed by atoms with Gasteiger partial charge in [0.1, 0.15) is 0 Å². The SMILES string of the molecule is CCCC(CCO)CNC(=O)CCC1CCNCC1. The van der Waals surface area contributed by atoms with Crippen molar-refractivity contribution >= 4 is 5.91 Å². The van der Waals surface area contributed by atoms with Crippen LogP contribution in [0.1, 0.15) is 51.9 Å². The summed E-state index contributed by atoms with van der Waals surface area (Å²) >= 11 is 0. The average Bonchev–Trinajstić information content (AvgIpc) is 2.44. The maximum absolute atomic E-state index is 11.8. The quantitative estimate of drug-likeness (QED) is 0.597. The molecular weight excluding hydrogens is 240 g/mol. The van der Waals surface area contributed by atoms with E-state index < -0.39 is 0 Å². The lowest BCUT2D eigenvalue weighted by Crippen LogP contribution is -2.31. The molecule has 19 heavy (non-hydrogen) atoms. The van der Waals surface area contributed by atoms with E-state index in [-0.39, 0.29) is 12.5 Å². The first-order valence-electron chi connectivity index (χ1n) is 7.84. The van der Waals surface area contributed by atoms with Gasteiger partial charge in [0.05, 0.1) is 0 Å². The largest absolute Gasteiger partial charge is 0.396 e. The monoisotopic (exact) mass is 270 g/mol. The van der Waals surface area contributed by atoms with Crippen LogP contribution in [-0.4, -0.2) is 37.3 Å². The third-order valence-electron chi connectivity index (χ3n) is 4.06. The Balaban J connectivity index is 2.11. The Morgan fingerprint density at radius 3 is 2.74 bits per heavy atom. The van der Waals surface area contributed by atoms with Crippen molar-refractivity contribution in [2.45, 2.75) is 51.9 Å². The molecule has 1 aliphatic rings. The third kappa shape index (κ3) is 7.53. The van der Waals surface area contributed by atoms with Gasteiger partial charge in [-0.25, -0.2) is 0 Å². The summed E-state index contributed by atoms with van der Waals surface area (Å²) in [6, 6.07) is 0. The first kappa shape index (κ1) is 16.4. The molecule has 0 radical (unpaired) electrons. The first-order valence-corrected chi connectivity index (χ1v) is 7.84. The van der Waals surface area contributed by atoms with Crippen LogP contribution in [0.25, 0.3) is 0 Å². The second-order valence-electron chi connectivity index (χ2n) is 5.70. The maximum Gasteiger partial charge on any atom is 0.220 e. The summed E-state index contributed by atoms with van der Waals surface area (Å²) in [4.78, 5) is 11.8. The molecular formula is C15H30N2O2. The van der Waals surface area contributed by atoms with E-state index in [1.807, 2.05) is 0 Å². The normalized spacial score (nSPS) is 18.2. The molecule has 0 aromatic rings. The Morgan fingerprint density at radius 2 is 2.11 bits per heavy atom. The highest BCUT2D eigenvalue weighted by atomic mass is 16.3. The number of nitrogens with one attached hydrogen (secondary N) is 2. The van der Waals surface area contributed by atoms with E-state index in [0.717, 1.165) is 51.2 Å². The van der Waals surface area contributed by atoms with E-state index in [0.29, 0.717) is 12.3 Å². The number of piperidine rings is 1. The minimum atomic E-state index is 0.178. The summed E-state index contributed by atoms with van der Waals surface area (Å²) in [7, 11) is 0. The number of carbonyl (C=O) groups is 1. The average molecular weight is 270 g/mol. The Morgan fingerprint density at radius 1 is 1.37 bits per heavy atom. The molecule has 1 heterocycles. The van der Waals surface area contributed by atoms with Gasteiger partial charge in [0.2, 0.25) is 5.91 Å². The van der Waals surface area contributed by atoms with Crippen molar-refractivity contribution < 1.29 is 9.90 Å². The van der Waals surface area contributed by atoms with E-state index >= 15 is 0 Å². The van der Waals surface area contributed by atoms with Crippen LogP contribution >= 0.6 is 0 Å². The predicted molar refractivity (Wildman–Crippen MR) is 77.9 cm³/mol. The second-order valence-corrected chi connectivity index (χ2v) is 5.70. The van der Waals surface area contributed by atoms with Crippen LogP contribution in [0.3, 0.4) is 0 Å². The van der Waals surface area contributed by atoms with Gasteiger partial charge in [-0.2, -0.15) is 0 Å². The lowest BCUT2D eigenvalue weighted by atomic mass is 9.93. The minimum absolute atomic E-state index is 0.178. The van der Waals surface area contributed by atoms with Crippen LogP contribution in [0.2, 0.25) is 0 Å². The van der Waals surface area contributed by atoms with Crippen LogP contribution < -0.4 is 10.6 Å². The third-order valence-corrected chi connectivity index (χ3v) is 4.06. The van der Waals surface area contributed by atoms with Gasteiger partial charge in [-0.1, -0.05) is 13.3 Å². The van der Waals surface area contributed by atoms with Gasteiger partial charge in [-0.3, -0.25) is 4.79 Å². The van der Waals surface area contributed by atoms with E-state index in [9.17, 15) is 4.79 Å². The molecule has 1 rings (SSSR count). The number of hydrogen-bond donors (Lipinski definition) is 3. The molecule has 4 nitrogen and oxygen atoms in total. The van der Waals surface area contributed by atoms with Crippen LogP contribution in [0.15, 0.2) is 0 Å². The highest BCUT2D eigenvalue weighted by Gasteiger charge is 2.15. The molecule has 1 saturated heterocycles. The second kappa shape index (κ2) is 10.2. The number of hydrogen-bond acceptors (Lipinski definition) is 3. The van der Waals surface area contributed by atoms with Gasteiger partial charge in [-0.05, 0) is 57.0 Å². The smallest absolute Gasteiger partial charge is 0.220 e. The fourth-order valence-corrected chi connectivity index (χ4v) is 2.79. The Kier molecular flexibility index (Phi) is 8.84. The van der Waals surface area contributed by atoms with Crippen molar-refractivity contribution in [2.75, 3.05) is 26.2 Å². The predicted octanol–water partition coefficient (Wildman–Crippen LogP) is 1.68. The maximum atomic E-state index is 11.8. The molecule has 0 aromatic heterocycles. The molecule has 1 aliphatic heterocycles. The lowest BCUT2D eigenvalue weighted by molar-refractivity contribution is -0.121. The van der Waals surface area contributed by atoms with Gasteiger partial charge in [0, 0.05) is 19.6 Å². The summed E-state index contributed by atoms with van der Waals surface area (Å²) in [5, 5.41) is 15.4. The summed E-state index contributed by atoms with van der Waals surface area (Å²) < 4.78 is 0. The molecule has 1 fully saturated rings. The van der Waals surface area contributed by atoms with Crippen molar-refractivity contribution in [2.24, 2.45) is 11.8 Å². The van der Waals surface area contributed by atoms with E-state index in [1.165, 1.54) is 12.8 Å². The summed E-state index contributed by atoms with van der Waals surface area (Å²) in [6.45, 7) is 5.28. The molecule has 3 N–H and O–H groups in total. The van der Waals surface area contributed by atoms with Crippen LogP contribution in [0.5, 0.6) is 0 Å². The summed E-state index contributed by atoms with van der Waals surface area (Å²) in [5.41, 5.74) is 0. The molecule has 0 aromatic carbocycles. The molecule has 0 saturated carbocycles. The molecule has 112 valence electrons. The van der Waals surface area contributed by atoms with Gasteiger partial charge < -0.3 is 15.7 Å². The summed E-state index contributed by atoms with van der Waals surface area (Å²) in [6.07, 6.45) is 7.06. The van der Waals surface area contributed by atoms with Crippen molar-refractivity contribution in [1.82, 2.24) is 10.6 Å². The fourth-order valence-electron chi connectivity index (χ4n) is 2.79. The van der Waals surface area contributed by atoms with E-state index in [2.05, 4.69) is 17.6 Å². The van der Waals surface area contributed by atoms with Crippen molar-refractivity contribution in [1.29, 1.82) is 0 Å². The molecule has 1 atom stereocenters. The molecule has 4 heteroatoms. The molecule has 1 unspecified atom stereocenters. The number of rotatable bonds is 9. The van der Waals surface area contributed by atoms with Crippen LogP contribution in [0.4, 0.5) is 0 Å². The van der Waals surface area contributed by atoms with Gasteiger partial charge >= 0.3 is 0 Å². The topological polar surface area (TPSA) is 61.4 Å². The lowest BCUT2D eigenvalue weighted by Gasteiger charge is -2.22. The molecule has 0 aliphatic carbocycles. The number of carbonyl (C=O) groups excluding carboxylic acids is 1. The fraction of sp³-hybridized carbons (Fsp3) is 0.933. The van der Waals surface area contributed by atoms with Crippen molar-refractivity contribution in [3.63, 3.8) is 0 Å². The minimum Gasteiger partial charge on any atom is -0.396 e. The van der Waals surface area contributed by atoms with Crippen LogP contribution in [-0.2, 0) is 4.79 Å². The van der Waals surface area contributed by atoms with E-state index in [4.69, 9.17) is 5.11 Å². The van der Waals surface area contributed by atoms with Crippen LogP contribution in [0, 0.1) is 11.8 Å². The van der Waals surface area contributed by atoms with Crippen molar-refractivity contribution in [3.8, 4) is 0 Å². The van der Waals surface area contributed by atoms with Crippen molar-refractivity contribution in [3.05, 3.63) is 0 Å². The molecule has 0 bridgehead atoms. The summed E-state index contributed by atoms with van der Waals surface area (Å²) in [5.74, 6) is 1.33. The van der Waals surface area contributed by atoms with Gasteiger partial charge in [0.25, 0.3) is 0 Å². The standard InChI is InChI=1S/C15H30N2O2/c1-2-3-14(8-11-18)12-17-15(19)5-4-13-6-9-16-10-7-13/h13-14,16,18H,2-12H2,1H3,(H,17,19). The molecule has 1 amide bonds. The van der Waals surface area contributed by atoms with Gasteiger partial charge in [0.15, 0.2) is 0 Å². The number of aliphatic hydroxyl groups excluding tert-OH is 1. The Labute approximate surface area is 117 Å². The Bertz CT molecular complexity index is 234. The Hall–Kier alpha value is -0.610. The first-order chi connectivity index (χ1) is 9.26. The highest BCUT2D eigenvalue weighted by molar-refractivity contribution is 5.75. The zero-order chi connectivity index (χ0) is 13.9. The van der Waals surface area contributed by atoms with E-state index in [1.54, 1.807) is 0 Å². The molecule has 0 spiro atoms.